The zero-order valence-electron chi connectivity index (χ0n) is 15.5. The van der Waals surface area contributed by atoms with E-state index in [1.165, 1.54) is 36.0 Å². The number of hydrogen-bond donors (Lipinski definition) is 2. The van der Waals surface area contributed by atoms with Crippen LogP contribution in [0.1, 0.15) is 23.3 Å². The van der Waals surface area contributed by atoms with Crippen molar-refractivity contribution in [2.75, 3.05) is 6.54 Å². The molecule has 3 aromatic rings. The molecule has 0 heterocycles. The van der Waals surface area contributed by atoms with E-state index in [2.05, 4.69) is 5.32 Å². The summed E-state index contributed by atoms with van der Waals surface area (Å²) >= 11 is 1.46. The molecule has 5 heteroatoms. The maximum Gasteiger partial charge on any atom is 0.238 e. The van der Waals surface area contributed by atoms with Crippen LogP contribution >= 0.6 is 11.8 Å². The van der Waals surface area contributed by atoms with E-state index in [4.69, 9.17) is 0 Å². The normalized spacial score (nSPS) is 14.1. The molecule has 144 valence electrons. The van der Waals surface area contributed by atoms with Gasteiger partial charge in [0.05, 0.1) is 6.54 Å². The van der Waals surface area contributed by atoms with E-state index < -0.39 is 10.9 Å². The number of carbonyl (C=O) groups excluding carboxylic acids is 1. The van der Waals surface area contributed by atoms with E-state index >= 15 is 0 Å². The highest BCUT2D eigenvalue weighted by Crippen LogP contribution is 2.35. The fourth-order valence-corrected chi connectivity index (χ4v) is 3.87. The van der Waals surface area contributed by atoms with Crippen molar-refractivity contribution < 1.29 is 14.3 Å². The molecule has 0 unspecified atom stereocenters. The van der Waals surface area contributed by atoms with Crippen LogP contribution in [0.3, 0.4) is 0 Å². The van der Waals surface area contributed by atoms with Gasteiger partial charge in [-0.05, 0) is 42.3 Å². The average Bonchev–Trinajstić information content (AvgIpc) is 2.72. The lowest BCUT2D eigenvalue weighted by Gasteiger charge is -2.26. The molecular weight excluding hydrogens is 373 g/mol. The predicted molar refractivity (Wildman–Crippen MR) is 110 cm³/mol. The lowest BCUT2D eigenvalue weighted by molar-refractivity contribution is -0.121. The predicted octanol–water partition coefficient (Wildman–Crippen LogP) is 4.68. The first-order valence-corrected chi connectivity index (χ1v) is 9.86. The van der Waals surface area contributed by atoms with Gasteiger partial charge in [0.15, 0.2) is 0 Å². The van der Waals surface area contributed by atoms with Crippen LogP contribution in [-0.4, -0.2) is 17.6 Å². The molecule has 0 saturated heterocycles. The molecule has 3 aromatic carbocycles. The minimum atomic E-state index is -1.30. The number of benzene rings is 3. The molecule has 0 aliphatic heterocycles. The number of rotatable bonds is 7. The van der Waals surface area contributed by atoms with Gasteiger partial charge < -0.3 is 10.4 Å². The molecule has 0 saturated carbocycles. The van der Waals surface area contributed by atoms with Crippen LogP contribution in [-0.2, 0) is 10.4 Å². The molecule has 0 bridgehead atoms. The average molecular weight is 395 g/mol. The SMILES string of the molecule is C[C@@](O)(CNC(=O)[C@H](Sc1ccccc1)c1ccccc1)c1ccc(F)cc1. The third-order valence-corrected chi connectivity index (χ3v) is 5.68. The molecule has 0 spiro atoms. The van der Waals surface area contributed by atoms with E-state index in [9.17, 15) is 14.3 Å². The third kappa shape index (κ3) is 5.21. The monoisotopic (exact) mass is 395 g/mol. The van der Waals surface area contributed by atoms with Crippen LogP contribution in [0.5, 0.6) is 0 Å². The summed E-state index contributed by atoms with van der Waals surface area (Å²) in [5, 5.41) is 13.1. The number of nitrogens with one attached hydrogen (secondary N) is 1. The van der Waals surface area contributed by atoms with E-state index in [0.29, 0.717) is 5.56 Å². The van der Waals surface area contributed by atoms with Crippen molar-refractivity contribution in [3.8, 4) is 0 Å². The van der Waals surface area contributed by atoms with Crippen LogP contribution < -0.4 is 5.32 Å². The molecule has 0 aliphatic rings. The molecule has 1 amide bonds. The van der Waals surface area contributed by atoms with Gasteiger partial charge in [-0.15, -0.1) is 11.8 Å². The minimum absolute atomic E-state index is 0.0240. The smallest absolute Gasteiger partial charge is 0.238 e. The number of hydrogen-bond acceptors (Lipinski definition) is 3. The molecule has 0 radical (unpaired) electrons. The number of thioether (sulfide) groups is 1. The summed E-state index contributed by atoms with van der Waals surface area (Å²) in [7, 11) is 0. The summed E-state index contributed by atoms with van der Waals surface area (Å²) in [5.74, 6) is -0.561. The molecule has 0 fully saturated rings. The van der Waals surface area contributed by atoms with Gasteiger partial charge in [0.1, 0.15) is 16.7 Å². The second-order valence-electron chi connectivity index (χ2n) is 6.72. The van der Waals surface area contributed by atoms with Gasteiger partial charge in [-0.25, -0.2) is 4.39 Å². The Hall–Kier alpha value is -2.63. The van der Waals surface area contributed by atoms with E-state index in [-0.39, 0.29) is 18.3 Å². The van der Waals surface area contributed by atoms with Crippen LogP contribution in [0, 0.1) is 5.82 Å². The van der Waals surface area contributed by atoms with Crippen molar-refractivity contribution in [3.05, 3.63) is 102 Å². The summed E-state index contributed by atoms with van der Waals surface area (Å²) in [5.41, 5.74) is 0.124. The first-order chi connectivity index (χ1) is 13.5. The second kappa shape index (κ2) is 9.04. The van der Waals surface area contributed by atoms with E-state index in [1.54, 1.807) is 6.92 Å². The van der Waals surface area contributed by atoms with Crippen molar-refractivity contribution >= 4 is 17.7 Å². The Morgan fingerprint density at radius 1 is 1.00 bits per heavy atom. The van der Waals surface area contributed by atoms with Crippen LogP contribution in [0.2, 0.25) is 0 Å². The van der Waals surface area contributed by atoms with Crippen molar-refractivity contribution in [1.29, 1.82) is 0 Å². The number of aliphatic hydroxyl groups is 1. The third-order valence-electron chi connectivity index (χ3n) is 4.41. The molecule has 28 heavy (non-hydrogen) atoms. The highest BCUT2D eigenvalue weighted by molar-refractivity contribution is 8.00. The van der Waals surface area contributed by atoms with Crippen LogP contribution in [0.15, 0.2) is 89.8 Å². The standard InChI is InChI=1S/C23H22FNO2S/c1-23(27,18-12-14-19(24)15-13-18)16-25-22(26)21(17-8-4-2-5-9-17)28-20-10-6-3-7-11-20/h2-15,21,27H,16H2,1H3,(H,25,26)/t21-,23-/m1/s1. The lowest BCUT2D eigenvalue weighted by atomic mass is 9.96. The van der Waals surface area contributed by atoms with Gasteiger partial charge in [0, 0.05) is 4.90 Å². The number of halogens is 1. The topological polar surface area (TPSA) is 49.3 Å². The van der Waals surface area contributed by atoms with Gasteiger partial charge in [-0.3, -0.25) is 4.79 Å². The minimum Gasteiger partial charge on any atom is -0.384 e. The Morgan fingerprint density at radius 2 is 1.57 bits per heavy atom. The van der Waals surface area contributed by atoms with E-state index in [1.807, 2.05) is 60.7 Å². The zero-order chi connectivity index (χ0) is 20.0. The van der Waals surface area contributed by atoms with E-state index in [0.717, 1.165) is 10.5 Å². The van der Waals surface area contributed by atoms with Gasteiger partial charge in [-0.1, -0.05) is 60.7 Å². The zero-order valence-corrected chi connectivity index (χ0v) is 16.3. The Morgan fingerprint density at radius 3 is 2.18 bits per heavy atom. The van der Waals surface area contributed by atoms with Crippen molar-refractivity contribution in [2.45, 2.75) is 22.7 Å². The molecule has 0 aliphatic carbocycles. The number of carbonyl (C=O) groups is 1. The lowest BCUT2D eigenvalue weighted by Crippen LogP contribution is -2.40. The molecule has 3 nitrogen and oxygen atoms in total. The Balaban J connectivity index is 1.74. The Bertz CT molecular complexity index is 899. The van der Waals surface area contributed by atoms with Crippen molar-refractivity contribution in [2.24, 2.45) is 0 Å². The van der Waals surface area contributed by atoms with Gasteiger partial charge in [0.25, 0.3) is 0 Å². The summed E-state index contributed by atoms with van der Waals surface area (Å²) in [6.45, 7) is 1.62. The van der Waals surface area contributed by atoms with Gasteiger partial charge in [0.2, 0.25) is 5.91 Å². The summed E-state index contributed by atoms with van der Waals surface area (Å²) in [4.78, 5) is 14.0. The van der Waals surface area contributed by atoms with Crippen LogP contribution in [0.25, 0.3) is 0 Å². The first-order valence-electron chi connectivity index (χ1n) is 8.98. The molecule has 0 aromatic heterocycles. The highest BCUT2D eigenvalue weighted by atomic mass is 32.2. The van der Waals surface area contributed by atoms with Crippen molar-refractivity contribution in [3.63, 3.8) is 0 Å². The summed E-state index contributed by atoms with van der Waals surface area (Å²) in [6.07, 6.45) is 0. The Labute approximate surface area is 168 Å². The molecule has 3 rings (SSSR count). The highest BCUT2D eigenvalue weighted by Gasteiger charge is 2.27. The quantitative estimate of drug-likeness (QED) is 0.571. The summed E-state index contributed by atoms with van der Waals surface area (Å²) in [6, 6.07) is 24.9. The van der Waals surface area contributed by atoms with Crippen LogP contribution in [0.4, 0.5) is 4.39 Å². The maximum atomic E-state index is 13.1. The fraction of sp³-hybridized carbons (Fsp3) is 0.174. The Kier molecular flexibility index (Phi) is 6.49. The van der Waals surface area contributed by atoms with Crippen molar-refractivity contribution in [1.82, 2.24) is 5.32 Å². The van der Waals surface area contributed by atoms with Gasteiger partial charge >= 0.3 is 0 Å². The first kappa shape index (κ1) is 20.1. The molecule has 2 N–H and O–H groups in total. The van der Waals surface area contributed by atoms with Gasteiger partial charge in [-0.2, -0.15) is 0 Å². The molecular formula is C23H22FNO2S. The maximum absolute atomic E-state index is 13.1. The summed E-state index contributed by atoms with van der Waals surface area (Å²) < 4.78 is 13.1. The fourth-order valence-electron chi connectivity index (χ4n) is 2.80. The second-order valence-corrected chi connectivity index (χ2v) is 7.90. The largest absolute Gasteiger partial charge is 0.384 e. The number of amides is 1. The molecule has 2 atom stereocenters.